The molecule has 0 N–H and O–H groups in total. The fraction of sp³-hybridized carbons (Fsp3) is 0. The number of benzene rings is 3. The molecule has 146 valence electrons. The van der Waals surface area contributed by atoms with Crippen molar-refractivity contribution in [2.75, 3.05) is 0 Å². The molecule has 3 aromatic carbocycles. The highest BCUT2D eigenvalue weighted by Crippen LogP contribution is 2.30. The van der Waals surface area contributed by atoms with Crippen LogP contribution >= 0.6 is 0 Å². The number of hydrogen-bond acceptors (Lipinski definition) is 6. The van der Waals surface area contributed by atoms with Gasteiger partial charge in [-0.1, -0.05) is 54.6 Å². The summed E-state index contributed by atoms with van der Waals surface area (Å²) in [5.41, 5.74) is 2.72. The molecule has 0 atom stereocenters. The van der Waals surface area contributed by atoms with Gasteiger partial charge in [0, 0.05) is 41.0 Å². The van der Waals surface area contributed by atoms with E-state index in [4.69, 9.17) is 0 Å². The maximum atomic E-state index is 11.2. The minimum atomic E-state index is -0.468. The molecular formula is C22H14N4O4. The smallest absolute Gasteiger partial charge is 0.258 e. The van der Waals surface area contributed by atoms with Gasteiger partial charge in [-0.2, -0.15) is 0 Å². The number of non-ortho nitro benzene ring substituents is 2. The number of nitro benzene ring substituents is 2. The predicted molar refractivity (Wildman–Crippen MR) is 112 cm³/mol. The number of rotatable bonds is 5. The standard InChI is InChI=1S/C22H14N4O4/c27-25(28)18-10-4-8-16(12-18)20-14-21(17-9-5-11-19(13-17)26(29)30)24-22(23-20)15-6-2-1-3-7-15/h1-14H. The zero-order valence-corrected chi connectivity index (χ0v) is 15.5. The zero-order valence-electron chi connectivity index (χ0n) is 15.5. The number of nitro groups is 2. The second kappa shape index (κ2) is 7.88. The Morgan fingerprint density at radius 2 is 1.03 bits per heavy atom. The van der Waals surface area contributed by atoms with Crippen LogP contribution in [-0.4, -0.2) is 19.8 Å². The number of aromatic nitrogens is 2. The van der Waals surface area contributed by atoms with E-state index in [0.717, 1.165) is 5.56 Å². The van der Waals surface area contributed by atoms with Crippen molar-refractivity contribution in [3.63, 3.8) is 0 Å². The van der Waals surface area contributed by atoms with Crippen molar-refractivity contribution in [3.8, 4) is 33.9 Å². The van der Waals surface area contributed by atoms with Gasteiger partial charge in [-0.15, -0.1) is 0 Å². The van der Waals surface area contributed by atoms with Gasteiger partial charge >= 0.3 is 0 Å². The lowest BCUT2D eigenvalue weighted by Gasteiger charge is -2.09. The molecule has 0 radical (unpaired) electrons. The fourth-order valence-electron chi connectivity index (χ4n) is 3.02. The van der Waals surface area contributed by atoms with Crippen molar-refractivity contribution < 1.29 is 9.85 Å². The largest absolute Gasteiger partial charge is 0.270 e. The minimum Gasteiger partial charge on any atom is -0.258 e. The molecule has 0 amide bonds. The summed E-state index contributed by atoms with van der Waals surface area (Å²) in [4.78, 5) is 30.6. The van der Waals surface area contributed by atoms with Gasteiger partial charge in [-0.25, -0.2) is 9.97 Å². The van der Waals surface area contributed by atoms with E-state index in [2.05, 4.69) is 9.97 Å². The summed E-state index contributed by atoms with van der Waals surface area (Å²) in [5, 5.41) is 22.3. The highest BCUT2D eigenvalue weighted by Gasteiger charge is 2.14. The first-order chi connectivity index (χ1) is 14.5. The maximum absolute atomic E-state index is 11.2. The van der Waals surface area contributed by atoms with Crippen LogP contribution in [0.1, 0.15) is 0 Å². The van der Waals surface area contributed by atoms with Crippen LogP contribution in [0, 0.1) is 20.2 Å². The van der Waals surface area contributed by atoms with E-state index >= 15 is 0 Å². The first-order valence-electron chi connectivity index (χ1n) is 8.95. The summed E-state index contributed by atoms with van der Waals surface area (Å²) in [6, 6.07) is 23.3. The molecule has 0 aliphatic heterocycles. The molecule has 0 aliphatic rings. The van der Waals surface area contributed by atoms with E-state index in [1.807, 2.05) is 30.3 Å². The lowest BCUT2D eigenvalue weighted by atomic mass is 10.1. The second-order valence-electron chi connectivity index (χ2n) is 6.44. The molecule has 0 fully saturated rings. The molecule has 0 saturated carbocycles. The first-order valence-corrected chi connectivity index (χ1v) is 8.95. The Kier molecular flexibility index (Phi) is 4.96. The normalized spacial score (nSPS) is 10.5. The van der Waals surface area contributed by atoms with Crippen LogP contribution in [0.4, 0.5) is 11.4 Å². The third kappa shape index (κ3) is 3.88. The summed E-state index contributed by atoms with van der Waals surface area (Å²) in [7, 11) is 0. The summed E-state index contributed by atoms with van der Waals surface area (Å²) >= 11 is 0. The summed E-state index contributed by atoms with van der Waals surface area (Å²) in [6.07, 6.45) is 0. The van der Waals surface area contributed by atoms with Crippen molar-refractivity contribution in [2.45, 2.75) is 0 Å². The Labute approximate surface area is 170 Å². The average Bonchev–Trinajstić information content (AvgIpc) is 2.79. The number of hydrogen-bond donors (Lipinski definition) is 0. The van der Waals surface area contributed by atoms with E-state index < -0.39 is 9.85 Å². The Morgan fingerprint density at radius 1 is 0.567 bits per heavy atom. The van der Waals surface area contributed by atoms with E-state index in [9.17, 15) is 20.2 Å². The molecule has 0 bridgehead atoms. The third-order valence-corrected chi connectivity index (χ3v) is 4.46. The third-order valence-electron chi connectivity index (χ3n) is 4.46. The molecule has 0 saturated heterocycles. The summed E-state index contributed by atoms with van der Waals surface area (Å²) < 4.78 is 0. The van der Waals surface area contributed by atoms with Crippen molar-refractivity contribution in [1.29, 1.82) is 0 Å². The molecule has 4 aromatic rings. The van der Waals surface area contributed by atoms with Gasteiger partial charge in [0.05, 0.1) is 21.2 Å². The monoisotopic (exact) mass is 398 g/mol. The SMILES string of the molecule is O=[N+]([O-])c1cccc(-c2cc(-c3cccc([N+](=O)[O-])c3)nc(-c3ccccc3)n2)c1. The van der Waals surface area contributed by atoms with Crippen LogP contribution in [0.3, 0.4) is 0 Å². The van der Waals surface area contributed by atoms with Crippen LogP contribution in [0.15, 0.2) is 84.9 Å². The molecule has 30 heavy (non-hydrogen) atoms. The van der Waals surface area contributed by atoms with Crippen LogP contribution < -0.4 is 0 Å². The molecule has 1 aromatic heterocycles. The lowest BCUT2D eigenvalue weighted by molar-refractivity contribution is -0.385. The fourth-order valence-corrected chi connectivity index (χ4v) is 3.02. The molecule has 0 aliphatic carbocycles. The van der Waals surface area contributed by atoms with Crippen molar-refractivity contribution in [1.82, 2.24) is 9.97 Å². The number of nitrogens with zero attached hydrogens (tertiary/aromatic N) is 4. The van der Waals surface area contributed by atoms with Crippen molar-refractivity contribution in [2.24, 2.45) is 0 Å². The van der Waals surface area contributed by atoms with Gasteiger partial charge in [0.1, 0.15) is 0 Å². The van der Waals surface area contributed by atoms with Gasteiger partial charge in [0.15, 0.2) is 5.82 Å². The molecule has 4 rings (SSSR count). The molecule has 0 unspecified atom stereocenters. The Morgan fingerprint density at radius 3 is 1.50 bits per heavy atom. The van der Waals surface area contributed by atoms with Gasteiger partial charge in [-0.05, 0) is 6.07 Å². The molecule has 1 heterocycles. The minimum absolute atomic E-state index is 0.0516. The van der Waals surface area contributed by atoms with Crippen LogP contribution in [0.2, 0.25) is 0 Å². The van der Waals surface area contributed by atoms with Crippen LogP contribution in [-0.2, 0) is 0 Å². The molecule has 0 spiro atoms. The first kappa shape index (κ1) is 18.9. The quantitative estimate of drug-likeness (QED) is 0.333. The predicted octanol–water partition coefficient (Wildman–Crippen LogP) is 5.29. The average molecular weight is 398 g/mol. The topological polar surface area (TPSA) is 112 Å². The highest BCUT2D eigenvalue weighted by atomic mass is 16.6. The molecule has 8 nitrogen and oxygen atoms in total. The Hall–Kier alpha value is -4.46. The van der Waals surface area contributed by atoms with Gasteiger partial charge in [0.25, 0.3) is 11.4 Å². The summed E-state index contributed by atoms with van der Waals surface area (Å²) in [6.45, 7) is 0. The summed E-state index contributed by atoms with van der Waals surface area (Å²) in [5.74, 6) is 0.418. The van der Waals surface area contributed by atoms with Crippen molar-refractivity contribution >= 4 is 11.4 Å². The highest BCUT2D eigenvalue weighted by molar-refractivity contribution is 5.73. The second-order valence-corrected chi connectivity index (χ2v) is 6.44. The van der Waals surface area contributed by atoms with E-state index in [0.29, 0.717) is 28.3 Å². The van der Waals surface area contributed by atoms with E-state index in [1.165, 1.54) is 24.3 Å². The maximum Gasteiger partial charge on any atom is 0.270 e. The van der Waals surface area contributed by atoms with Crippen molar-refractivity contribution in [3.05, 3.63) is 105 Å². The molecule has 8 heteroatoms. The van der Waals surface area contributed by atoms with Gasteiger partial charge in [0.2, 0.25) is 0 Å². The van der Waals surface area contributed by atoms with Crippen LogP contribution in [0.25, 0.3) is 33.9 Å². The van der Waals surface area contributed by atoms with E-state index in [1.54, 1.807) is 30.3 Å². The Balaban J connectivity index is 1.92. The van der Waals surface area contributed by atoms with Gasteiger partial charge < -0.3 is 0 Å². The zero-order chi connectivity index (χ0) is 21.1. The Bertz CT molecular complexity index is 1180. The van der Waals surface area contributed by atoms with E-state index in [-0.39, 0.29) is 11.4 Å². The molecular weight excluding hydrogens is 384 g/mol. The van der Waals surface area contributed by atoms with Gasteiger partial charge in [-0.3, -0.25) is 20.2 Å². The van der Waals surface area contributed by atoms with Crippen LogP contribution in [0.5, 0.6) is 0 Å². The lowest BCUT2D eigenvalue weighted by Crippen LogP contribution is -1.97.